The molecule has 1 aliphatic rings. The second kappa shape index (κ2) is 10.4. The Balaban J connectivity index is 1.53. The van der Waals surface area contributed by atoms with E-state index >= 15 is 0 Å². The number of aromatic nitrogens is 3. The molecule has 4 rings (SSSR count). The van der Waals surface area contributed by atoms with Gasteiger partial charge < -0.3 is 5.11 Å². The van der Waals surface area contributed by atoms with Crippen LogP contribution in [0.25, 0.3) is 11.1 Å². The summed E-state index contributed by atoms with van der Waals surface area (Å²) in [5.74, 6) is 1.74. The molecule has 3 aromatic rings. The monoisotopic (exact) mass is 429 g/mol. The number of carboxylic acids is 1. The number of aromatic carboxylic acids is 1. The van der Waals surface area contributed by atoms with Crippen LogP contribution in [0, 0.1) is 5.92 Å². The maximum absolute atomic E-state index is 11.5. The number of carbonyl (C=O) groups is 1. The van der Waals surface area contributed by atoms with Crippen molar-refractivity contribution < 1.29 is 9.90 Å². The summed E-state index contributed by atoms with van der Waals surface area (Å²) in [7, 11) is 0. The Morgan fingerprint density at radius 1 is 1.09 bits per heavy atom. The summed E-state index contributed by atoms with van der Waals surface area (Å²) in [5, 5.41) is 14.3. The van der Waals surface area contributed by atoms with Crippen LogP contribution < -0.4 is 0 Å². The second-order valence-electron chi connectivity index (χ2n) is 8.63. The van der Waals surface area contributed by atoms with E-state index in [1.54, 1.807) is 12.1 Å². The number of allylic oxidation sites excluding steroid dienone is 2. The molecule has 1 saturated carbocycles. The zero-order chi connectivity index (χ0) is 22.3. The minimum atomic E-state index is -0.910. The molecule has 0 amide bonds. The Morgan fingerprint density at radius 2 is 1.84 bits per heavy atom. The molecule has 5 nitrogen and oxygen atoms in total. The summed E-state index contributed by atoms with van der Waals surface area (Å²) >= 11 is 0. The Morgan fingerprint density at radius 3 is 2.56 bits per heavy atom. The summed E-state index contributed by atoms with van der Waals surface area (Å²) in [6.45, 7) is 2.75. The molecule has 0 saturated heterocycles. The summed E-state index contributed by atoms with van der Waals surface area (Å²) in [4.78, 5) is 16.5. The Kier molecular flexibility index (Phi) is 7.15. The predicted molar refractivity (Wildman–Crippen MR) is 127 cm³/mol. The predicted octanol–water partition coefficient (Wildman–Crippen LogP) is 5.93. The highest BCUT2D eigenvalue weighted by atomic mass is 16.4. The first-order valence-corrected chi connectivity index (χ1v) is 11.6. The fourth-order valence-electron chi connectivity index (χ4n) is 4.55. The molecular formula is C27H31N3O2. The molecular weight excluding hydrogens is 398 g/mol. The fourth-order valence-corrected chi connectivity index (χ4v) is 4.55. The van der Waals surface area contributed by atoms with E-state index in [0.29, 0.717) is 17.9 Å². The standard InChI is InChI=1S/C27H31N3O2/c1-2-3-17-30-26(28-25(29-30)18-20-9-5-4-6-10-20)19-21-13-15-22(16-14-21)23-11-7-8-12-24(23)27(31)32/h2-3,7-8,11-16,20H,4-6,9-10,17-19H2,1H3,(H,31,32). The third kappa shape index (κ3) is 5.34. The van der Waals surface area contributed by atoms with E-state index < -0.39 is 5.97 Å². The van der Waals surface area contributed by atoms with E-state index in [9.17, 15) is 9.90 Å². The number of carboxylic acid groups (broad SMARTS) is 1. The zero-order valence-corrected chi connectivity index (χ0v) is 18.7. The number of nitrogens with zero attached hydrogens (tertiary/aromatic N) is 3. The molecule has 0 atom stereocenters. The van der Waals surface area contributed by atoms with E-state index in [1.807, 2.05) is 41.9 Å². The molecule has 166 valence electrons. The van der Waals surface area contributed by atoms with Crippen LogP contribution in [-0.4, -0.2) is 25.8 Å². The first-order chi connectivity index (χ1) is 15.6. The quantitative estimate of drug-likeness (QED) is 0.450. The van der Waals surface area contributed by atoms with Gasteiger partial charge in [0.25, 0.3) is 0 Å². The maximum atomic E-state index is 11.5. The average molecular weight is 430 g/mol. The number of hydrogen-bond acceptors (Lipinski definition) is 3. The van der Waals surface area contributed by atoms with Crippen molar-refractivity contribution in [3.63, 3.8) is 0 Å². The Bertz CT molecular complexity index is 1080. The topological polar surface area (TPSA) is 68.0 Å². The van der Waals surface area contributed by atoms with Gasteiger partial charge in [0.05, 0.1) is 12.1 Å². The van der Waals surface area contributed by atoms with Crippen LogP contribution in [0.1, 0.15) is 66.6 Å². The van der Waals surface area contributed by atoms with Crippen molar-refractivity contribution in [2.24, 2.45) is 5.92 Å². The minimum absolute atomic E-state index is 0.318. The SMILES string of the molecule is CC=CCn1nc(CC2CCCCC2)nc1Cc1ccc(-c2ccccc2C(=O)O)cc1. The lowest BCUT2D eigenvalue weighted by molar-refractivity contribution is 0.0697. The first-order valence-electron chi connectivity index (χ1n) is 11.6. The van der Waals surface area contributed by atoms with Gasteiger partial charge in [-0.15, -0.1) is 0 Å². The first kappa shape index (κ1) is 22.0. The van der Waals surface area contributed by atoms with Crippen LogP contribution in [0.3, 0.4) is 0 Å². The summed E-state index contributed by atoms with van der Waals surface area (Å²) in [6.07, 6.45) is 12.4. The lowest BCUT2D eigenvalue weighted by Crippen LogP contribution is -2.10. The molecule has 0 bridgehead atoms. The highest BCUT2D eigenvalue weighted by Crippen LogP contribution is 2.27. The lowest BCUT2D eigenvalue weighted by Gasteiger charge is -2.19. The van der Waals surface area contributed by atoms with E-state index in [2.05, 4.69) is 18.2 Å². The van der Waals surface area contributed by atoms with Crippen molar-refractivity contribution >= 4 is 5.97 Å². The van der Waals surface area contributed by atoms with Gasteiger partial charge in [0, 0.05) is 12.8 Å². The molecule has 5 heteroatoms. The molecule has 0 radical (unpaired) electrons. The van der Waals surface area contributed by atoms with Crippen LogP contribution in [0.15, 0.2) is 60.7 Å². The molecule has 1 heterocycles. The van der Waals surface area contributed by atoms with Crippen LogP contribution in [0.2, 0.25) is 0 Å². The van der Waals surface area contributed by atoms with E-state index in [4.69, 9.17) is 10.1 Å². The average Bonchev–Trinajstić information content (AvgIpc) is 3.19. The number of rotatable bonds is 8. The molecule has 32 heavy (non-hydrogen) atoms. The summed E-state index contributed by atoms with van der Waals surface area (Å²) in [6, 6.07) is 15.2. The molecule has 1 aliphatic carbocycles. The Hall–Kier alpha value is -3.21. The smallest absolute Gasteiger partial charge is 0.336 e. The number of benzene rings is 2. The van der Waals surface area contributed by atoms with Gasteiger partial charge >= 0.3 is 5.97 Å². The molecule has 2 aromatic carbocycles. The minimum Gasteiger partial charge on any atom is -0.478 e. The van der Waals surface area contributed by atoms with Crippen LogP contribution >= 0.6 is 0 Å². The van der Waals surface area contributed by atoms with E-state index in [-0.39, 0.29) is 0 Å². The normalized spacial score (nSPS) is 14.8. The second-order valence-corrected chi connectivity index (χ2v) is 8.63. The summed E-state index contributed by atoms with van der Waals surface area (Å²) < 4.78 is 2.02. The molecule has 0 unspecified atom stereocenters. The van der Waals surface area contributed by atoms with Gasteiger partial charge in [-0.3, -0.25) is 0 Å². The van der Waals surface area contributed by atoms with E-state index in [1.165, 1.54) is 32.1 Å². The van der Waals surface area contributed by atoms with Crippen LogP contribution in [0.4, 0.5) is 0 Å². The van der Waals surface area contributed by atoms with Gasteiger partial charge in [-0.1, -0.05) is 86.7 Å². The van der Waals surface area contributed by atoms with Crippen molar-refractivity contribution in [3.05, 3.63) is 83.5 Å². The zero-order valence-electron chi connectivity index (χ0n) is 18.7. The molecule has 1 N–H and O–H groups in total. The van der Waals surface area contributed by atoms with E-state index in [0.717, 1.165) is 41.3 Å². The Labute approximate surface area is 189 Å². The summed E-state index contributed by atoms with van der Waals surface area (Å²) in [5.41, 5.74) is 3.09. The molecule has 1 aromatic heterocycles. The third-order valence-corrected chi connectivity index (χ3v) is 6.29. The van der Waals surface area contributed by atoms with Crippen LogP contribution in [0.5, 0.6) is 0 Å². The highest BCUT2D eigenvalue weighted by Gasteiger charge is 2.18. The lowest BCUT2D eigenvalue weighted by atomic mass is 9.87. The third-order valence-electron chi connectivity index (χ3n) is 6.29. The highest BCUT2D eigenvalue weighted by molar-refractivity contribution is 5.95. The maximum Gasteiger partial charge on any atom is 0.336 e. The molecule has 1 fully saturated rings. The van der Waals surface area contributed by atoms with Gasteiger partial charge in [-0.25, -0.2) is 14.5 Å². The van der Waals surface area contributed by atoms with Gasteiger partial charge in [-0.2, -0.15) is 5.10 Å². The van der Waals surface area contributed by atoms with Crippen molar-refractivity contribution in [2.45, 2.75) is 58.4 Å². The van der Waals surface area contributed by atoms with Crippen molar-refractivity contribution in [3.8, 4) is 11.1 Å². The van der Waals surface area contributed by atoms with Crippen molar-refractivity contribution in [1.82, 2.24) is 14.8 Å². The molecule has 0 spiro atoms. The van der Waals surface area contributed by atoms with Gasteiger partial charge in [0.1, 0.15) is 5.82 Å². The molecule has 0 aliphatic heterocycles. The fraction of sp³-hybridized carbons (Fsp3) is 0.370. The van der Waals surface area contributed by atoms with Gasteiger partial charge in [0.2, 0.25) is 0 Å². The number of hydrogen-bond donors (Lipinski definition) is 1. The van der Waals surface area contributed by atoms with Crippen LogP contribution in [-0.2, 0) is 19.4 Å². The van der Waals surface area contributed by atoms with Crippen molar-refractivity contribution in [1.29, 1.82) is 0 Å². The van der Waals surface area contributed by atoms with Crippen molar-refractivity contribution in [2.75, 3.05) is 0 Å². The van der Waals surface area contributed by atoms with Gasteiger partial charge in [-0.05, 0) is 35.6 Å². The largest absolute Gasteiger partial charge is 0.478 e. The van der Waals surface area contributed by atoms with Gasteiger partial charge in [0.15, 0.2) is 5.82 Å².